The van der Waals surface area contributed by atoms with E-state index in [1.807, 2.05) is 39.0 Å². The number of anilines is 1. The molecule has 28 heavy (non-hydrogen) atoms. The van der Waals surface area contributed by atoms with Gasteiger partial charge in [-0.15, -0.1) is 0 Å². The van der Waals surface area contributed by atoms with Gasteiger partial charge in [-0.25, -0.2) is 8.42 Å². The van der Waals surface area contributed by atoms with E-state index in [0.29, 0.717) is 18.7 Å². The summed E-state index contributed by atoms with van der Waals surface area (Å²) in [4.78, 5) is 15.1. The lowest BCUT2D eigenvalue weighted by Crippen LogP contribution is -2.50. The summed E-state index contributed by atoms with van der Waals surface area (Å²) >= 11 is 0. The van der Waals surface area contributed by atoms with Crippen molar-refractivity contribution in [2.45, 2.75) is 39.7 Å². The van der Waals surface area contributed by atoms with Crippen LogP contribution in [0.2, 0.25) is 0 Å². The molecule has 1 heterocycles. The summed E-state index contributed by atoms with van der Waals surface area (Å²) in [5.41, 5.74) is 2.35. The molecule has 1 aromatic rings. The summed E-state index contributed by atoms with van der Waals surface area (Å²) in [5, 5.41) is 2.93. The molecule has 1 unspecified atom stereocenters. The van der Waals surface area contributed by atoms with E-state index < -0.39 is 16.1 Å². The first-order valence-corrected chi connectivity index (χ1v) is 11.7. The van der Waals surface area contributed by atoms with Crippen LogP contribution in [0.4, 0.5) is 5.69 Å². The molecule has 0 saturated carbocycles. The monoisotopic (exact) mass is 411 g/mol. The highest BCUT2D eigenvalue weighted by atomic mass is 32.2. The molecule has 1 aliphatic rings. The second-order valence-electron chi connectivity index (χ2n) is 7.37. The standard InChI is InChI=1S/C20H33N3O4S/c1-5-18(20(24)21-9-6-10-22-11-13-27-14-12-22)23(28(4,25)26)19-15-16(2)7-8-17(19)3/h7-8,15,18H,5-6,9-14H2,1-4H3,(H,21,24). The van der Waals surface area contributed by atoms with Crippen molar-refractivity contribution < 1.29 is 17.9 Å². The molecular formula is C20H33N3O4S. The second-order valence-corrected chi connectivity index (χ2v) is 9.23. The molecule has 1 aromatic carbocycles. The molecule has 158 valence electrons. The maximum absolute atomic E-state index is 12.8. The Labute approximate surface area is 169 Å². The first-order valence-electron chi connectivity index (χ1n) is 9.88. The zero-order valence-electron chi connectivity index (χ0n) is 17.4. The van der Waals surface area contributed by atoms with E-state index in [4.69, 9.17) is 4.74 Å². The molecule has 1 atom stereocenters. The first kappa shape index (κ1) is 22.6. The number of aryl methyl sites for hydroxylation is 2. The summed E-state index contributed by atoms with van der Waals surface area (Å²) in [5.74, 6) is -0.254. The molecule has 0 aromatic heterocycles. The quantitative estimate of drug-likeness (QED) is 0.626. The predicted octanol–water partition coefficient (Wildman–Crippen LogP) is 1.69. The van der Waals surface area contributed by atoms with Crippen LogP contribution in [-0.4, -0.2) is 70.9 Å². The van der Waals surface area contributed by atoms with Crippen LogP contribution in [0.15, 0.2) is 18.2 Å². The minimum atomic E-state index is -3.61. The molecule has 0 bridgehead atoms. The Hall–Kier alpha value is -1.64. The summed E-state index contributed by atoms with van der Waals surface area (Å²) in [7, 11) is -3.61. The second kappa shape index (κ2) is 10.2. The number of morpholine rings is 1. The van der Waals surface area contributed by atoms with E-state index in [1.165, 1.54) is 4.31 Å². The van der Waals surface area contributed by atoms with Crippen molar-refractivity contribution in [3.05, 3.63) is 29.3 Å². The molecule has 1 aliphatic heterocycles. The Kier molecular flexibility index (Phi) is 8.27. The minimum absolute atomic E-state index is 0.254. The normalized spacial score (nSPS) is 16.6. The summed E-state index contributed by atoms with van der Waals surface area (Å²) in [6.45, 7) is 10.4. The number of nitrogens with one attached hydrogen (secondary N) is 1. The third-order valence-corrected chi connectivity index (χ3v) is 6.15. The molecule has 7 nitrogen and oxygen atoms in total. The minimum Gasteiger partial charge on any atom is -0.379 e. The van der Waals surface area contributed by atoms with Crippen LogP contribution in [0.1, 0.15) is 30.9 Å². The van der Waals surface area contributed by atoms with Crippen LogP contribution in [-0.2, 0) is 19.6 Å². The number of hydrogen-bond acceptors (Lipinski definition) is 5. The van der Waals surface area contributed by atoms with Gasteiger partial charge in [0.05, 0.1) is 25.2 Å². The topological polar surface area (TPSA) is 79.0 Å². The van der Waals surface area contributed by atoms with E-state index in [-0.39, 0.29) is 5.91 Å². The lowest BCUT2D eigenvalue weighted by Gasteiger charge is -2.31. The van der Waals surface area contributed by atoms with Crippen molar-refractivity contribution in [2.24, 2.45) is 0 Å². The Morgan fingerprint density at radius 3 is 2.57 bits per heavy atom. The Morgan fingerprint density at radius 2 is 1.96 bits per heavy atom. The summed E-state index contributed by atoms with van der Waals surface area (Å²) < 4.78 is 31.7. The molecule has 1 amide bonds. The van der Waals surface area contributed by atoms with Crippen molar-refractivity contribution in [3.8, 4) is 0 Å². The van der Waals surface area contributed by atoms with Crippen LogP contribution >= 0.6 is 0 Å². The SMILES string of the molecule is CCC(C(=O)NCCCN1CCOCC1)N(c1cc(C)ccc1C)S(C)(=O)=O. The van der Waals surface area contributed by atoms with E-state index in [0.717, 1.165) is 56.7 Å². The smallest absolute Gasteiger partial charge is 0.243 e. The number of hydrogen-bond donors (Lipinski definition) is 1. The van der Waals surface area contributed by atoms with Crippen molar-refractivity contribution in [1.82, 2.24) is 10.2 Å². The van der Waals surface area contributed by atoms with Crippen molar-refractivity contribution in [2.75, 3.05) is 50.0 Å². The van der Waals surface area contributed by atoms with Crippen molar-refractivity contribution in [3.63, 3.8) is 0 Å². The number of benzene rings is 1. The highest BCUT2D eigenvalue weighted by molar-refractivity contribution is 7.92. The number of sulfonamides is 1. The number of nitrogens with zero attached hydrogens (tertiary/aromatic N) is 2. The van der Waals surface area contributed by atoms with E-state index >= 15 is 0 Å². The van der Waals surface area contributed by atoms with Gasteiger partial charge in [0.1, 0.15) is 6.04 Å². The average Bonchev–Trinajstić information content (AvgIpc) is 2.65. The van der Waals surface area contributed by atoms with Gasteiger partial charge in [-0.1, -0.05) is 19.1 Å². The Bertz CT molecular complexity index is 761. The lowest BCUT2D eigenvalue weighted by atomic mass is 10.1. The maximum Gasteiger partial charge on any atom is 0.243 e. The molecular weight excluding hydrogens is 378 g/mol. The fourth-order valence-corrected chi connectivity index (χ4v) is 4.71. The Balaban J connectivity index is 2.06. The highest BCUT2D eigenvalue weighted by Crippen LogP contribution is 2.27. The maximum atomic E-state index is 12.8. The fourth-order valence-electron chi connectivity index (χ4n) is 3.45. The number of ether oxygens (including phenoxy) is 1. The van der Waals surface area contributed by atoms with Crippen LogP contribution in [0.5, 0.6) is 0 Å². The molecule has 1 saturated heterocycles. The molecule has 0 spiro atoms. The number of amides is 1. The van der Waals surface area contributed by atoms with Crippen LogP contribution in [0.3, 0.4) is 0 Å². The zero-order valence-corrected chi connectivity index (χ0v) is 18.2. The summed E-state index contributed by atoms with van der Waals surface area (Å²) in [6.07, 6.45) is 2.38. The fraction of sp³-hybridized carbons (Fsp3) is 0.650. The van der Waals surface area contributed by atoms with Gasteiger partial charge in [0.2, 0.25) is 15.9 Å². The van der Waals surface area contributed by atoms with Crippen LogP contribution in [0, 0.1) is 13.8 Å². The number of carbonyl (C=O) groups excluding carboxylic acids is 1. The van der Waals surface area contributed by atoms with E-state index in [9.17, 15) is 13.2 Å². The van der Waals surface area contributed by atoms with Gasteiger partial charge in [0.25, 0.3) is 0 Å². The molecule has 8 heteroatoms. The van der Waals surface area contributed by atoms with Gasteiger partial charge < -0.3 is 10.1 Å². The van der Waals surface area contributed by atoms with Crippen molar-refractivity contribution in [1.29, 1.82) is 0 Å². The van der Waals surface area contributed by atoms with Gasteiger partial charge in [0, 0.05) is 19.6 Å². The lowest BCUT2D eigenvalue weighted by molar-refractivity contribution is -0.122. The molecule has 2 rings (SSSR count). The zero-order chi connectivity index (χ0) is 20.7. The van der Waals surface area contributed by atoms with E-state index in [2.05, 4.69) is 10.2 Å². The van der Waals surface area contributed by atoms with Crippen LogP contribution in [0.25, 0.3) is 0 Å². The largest absolute Gasteiger partial charge is 0.379 e. The van der Waals surface area contributed by atoms with Crippen molar-refractivity contribution >= 4 is 21.6 Å². The summed E-state index contributed by atoms with van der Waals surface area (Å²) in [6, 6.07) is 4.88. The van der Waals surface area contributed by atoms with Gasteiger partial charge in [-0.3, -0.25) is 14.0 Å². The number of rotatable bonds is 9. The van der Waals surface area contributed by atoms with E-state index in [1.54, 1.807) is 0 Å². The van der Waals surface area contributed by atoms with Gasteiger partial charge in [-0.05, 0) is 50.4 Å². The molecule has 1 N–H and O–H groups in total. The van der Waals surface area contributed by atoms with Gasteiger partial charge in [-0.2, -0.15) is 0 Å². The third-order valence-electron chi connectivity index (χ3n) is 4.99. The third kappa shape index (κ3) is 6.18. The average molecular weight is 412 g/mol. The highest BCUT2D eigenvalue weighted by Gasteiger charge is 2.32. The van der Waals surface area contributed by atoms with Gasteiger partial charge in [0.15, 0.2) is 0 Å². The molecule has 1 fully saturated rings. The molecule has 0 aliphatic carbocycles. The Morgan fingerprint density at radius 1 is 1.29 bits per heavy atom. The van der Waals surface area contributed by atoms with Crippen LogP contribution < -0.4 is 9.62 Å². The molecule has 0 radical (unpaired) electrons. The van der Waals surface area contributed by atoms with Gasteiger partial charge >= 0.3 is 0 Å². The predicted molar refractivity (Wildman–Crippen MR) is 112 cm³/mol. The number of carbonyl (C=O) groups is 1. The first-order chi connectivity index (χ1) is 13.2.